The Kier molecular flexibility index (Phi) is 8.55. The normalized spacial score (nSPS) is 20.1. The highest BCUT2D eigenvalue weighted by atomic mass is 16.2. The van der Waals surface area contributed by atoms with Crippen molar-refractivity contribution in [2.75, 3.05) is 19.6 Å². The topological polar surface area (TPSA) is 78.1 Å². The molecule has 1 N–H and O–H groups in total. The van der Waals surface area contributed by atoms with E-state index in [1.165, 1.54) is 37.8 Å². The van der Waals surface area contributed by atoms with Crippen LogP contribution in [0.5, 0.6) is 0 Å². The van der Waals surface area contributed by atoms with Crippen LogP contribution in [0.15, 0.2) is 11.6 Å². The molecule has 2 aliphatic rings. The van der Waals surface area contributed by atoms with E-state index in [-0.39, 0.29) is 23.3 Å². The van der Waals surface area contributed by atoms with Crippen molar-refractivity contribution in [3.63, 3.8) is 0 Å². The molecule has 6 nitrogen and oxygen atoms in total. The van der Waals surface area contributed by atoms with Gasteiger partial charge in [0.25, 0.3) is 5.91 Å². The van der Waals surface area contributed by atoms with Crippen LogP contribution in [0.3, 0.4) is 0 Å². The van der Waals surface area contributed by atoms with E-state index in [4.69, 9.17) is 0 Å². The van der Waals surface area contributed by atoms with E-state index in [0.29, 0.717) is 32.1 Å². The number of hydrogen-bond acceptors (Lipinski definition) is 3. The van der Waals surface area contributed by atoms with E-state index >= 15 is 0 Å². The van der Waals surface area contributed by atoms with Gasteiger partial charge in [-0.05, 0) is 69.6 Å². The van der Waals surface area contributed by atoms with Gasteiger partial charge in [0, 0.05) is 43.5 Å². The van der Waals surface area contributed by atoms with Crippen molar-refractivity contribution < 1.29 is 9.59 Å². The maximum Gasteiger partial charge on any atom is 0.264 e. The van der Waals surface area contributed by atoms with Gasteiger partial charge < -0.3 is 14.8 Å². The van der Waals surface area contributed by atoms with Gasteiger partial charge in [-0.25, -0.2) is 0 Å². The smallest absolute Gasteiger partial charge is 0.264 e. The summed E-state index contributed by atoms with van der Waals surface area (Å²) in [5, 5.41) is 12.8. The molecule has 1 saturated heterocycles. The molecule has 2 amide bonds. The Balaban J connectivity index is 1.70. The van der Waals surface area contributed by atoms with Crippen molar-refractivity contribution in [3.05, 3.63) is 28.6 Å². The minimum atomic E-state index is -0.195. The molecule has 0 radical (unpaired) electrons. The first-order chi connectivity index (χ1) is 15.4. The zero-order valence-corrected chi connectivity index (χ0v) is 20.0. The van der Waals surface area contributed by atoms with Crippen LogP contribution in [0.2, 0.25) is 0 Å². The number of carbonyl (C=O) groups excluding carboxylic acids is 2. The highest BCUT2D eigenvalue weighted by Gasteiger charge is 2.27. The Bertz CT molecular complexity index is 886. The molecular weight excluding hydrogens is 400 g/mol. The number of aromatic nitrogens is 1. The average Bonchev–Trinajstić information content (AvgIpc) is 3.09. The van der Waals surface area contributed by atoms with Crippen LogP contribution in [0.4, 0.5) is 0 Å². The summed E-state index contributed by atoms with van der Waals surface area (Å²) in [4.78, 5) is 26.7. The van der Waals surface area contributed by atoms with Gasteiger partial charge in [0.15, 0.2) is 0 Å². The van der Waals surface area contributed by atoms with Gasteiger partial charge in [0.05, 0.1) is 0 Å². The van der Waals surface area contributed by atoms with Crippen LogP contribution < -0.4 is 5.32 Å². The standard InChI is InChI=1S/C26H38N4O2/c1-4-9-25(31)28-17-21-10-8-13-29(18-21)26(32)23(16-27)15-22-14-19(2)30(20(22)3)24-11-6-5-7-12-24/h14-15,21,24H,4-13,17-18H2,1-3H3,(H,28,31)/b23-15+. The number of nitrogens with one attached hydrogen (secondary N) is 1. The Morgan fingerprint density at radius 2 is 1.94 bits per heavy atom. The van der Waals surface area contributed by atoms with Crippen LogP contribution >= 0.6 is 0 Å². The van der Waals surface area contributed by atoms with E-state index in [0.717, 1.165) is 30.5 Å². The molecule has 2 fully saturated rings. The number of nitriles is 1. The number of aryl methyl sites for hydroxylation is 1. The van der Waals surface area contributed by atoms with Crippen LogP contribution in [0.25, 0.3) is 6.08 Å². The monoisotopic (exact) mass is 438 g/mol. The fourth-order valence-electron chi connectivity index (χ4n) is 5.31. The fourth-order valence-corrected chi connectivity index (χ4v) is 5.31. The van der Waals surface area contributed by atoms with Gasteiger partial charge in [-0.2, -0.15) is 5.26 Å². The Hall–Kier alpha value is -2.55. The summed E-state index contributed by atoms with van der Waals surface area (Å²) in [5.41, 5.74) is 3.51. The van der Waals surface area contributed by atoms with Gasteiger partial charge >= 0.3 is 0 Å². The number of rotatable bonds is 7. The predicted octanol–water partition coefficient (Wildman–Crippen LogP) is 4.67. The number of likely N-dealkylation sites (tertiary alicyclic amines) is 1. The highest BCUT2D eigenvalue weighted by Crippen LogP contribution is 2.33. The zero-order chi connectivity index (χ0) is 23.1. The quantitative estimate of drug-likeness (QED) is 0.496. The summed E-state index contributed by atoms with van der Waals surface area (Å²) in [6.45, 7) is 8.06. The third kappa shape index (κ3) is 5.82. The van der Waals surface area contributed by atoms with Crippen molar-refractivity contribution >= 4 is 17.9 Å². The molecule has 1 aromatic heterocycles. The molecule has 2 heterocycles. The molecule has 0 spiro atoms. The van der Waals surface area contributed by atoms with E-state index in [1.807, 2.05) is 6.92 Å². The molecule has 1 atom stereocenters. The minimum Gasteiger partial charge on any atom is -0.356 e. The largest absolute Gasteiger partial charge is 0.356 e. The second-order valence-corrected chi connectivity index (χ2v) is 9.47. The minimum absolute atomic E-state index is 0.0712. The SMILES string of the molecule is CCCC(=O)NCC1CCCN(C(=O)/C(C#N)=C/c2cc(C)n(C3CCCCC3)c2C)C1. The lowest BCUT2D eigenvalue weighted by Crippen LogP contribution is -2.44. The maximum absolute atomic E-state index is 13.2. The van der Waals surface area contributed by atoms with Crippen LogP contribution in [0, 0.1) is 31.1 Å². The maximum atomic E-state index is 13.2. The molecule has 1 saturated carbocycles. The summed E-state index contributed by atoms with van der Waals surface area (Å²) >= 11 is 0. The summed E-state index contributed by atoms with van der Waals surface area (Å²) in [5.74, 6) is 0.117. The number of piperidine rings is 1. The molecule has 6 heteroatoms. The Morgan fingerprint density at radius 3 is 2.62 bits per heavy atom. The first kappa shape index (κ1) is 24.1. The van der Waals surface area contributed by atoms with Gasteiger partial charge in [-0.3, -0.25) is 9.59 Å². The third-order valence-electron chi connectivity index (χ3n) is 6.99. The van der Waals surface area contributed by atoms with Crippen molar-refractivity contribution in [1.29, 1.82) is 5.26 Å². The van der Waals surface area contributed by atoms with Gasteiger partial charge in [-0.15, -0.1) is 0 Å². The number of nitrogens with zero attached hydrogens (tertiary/aromatic N) is 3. The molecule has 0 aromatic carbocycles. The van der Waals surface area contributed by atoms with Crippen LogP contribution in [-0.4, -0.2) is 40.9 Å². The summed E-state index contributed by atoms with van der Waals surface area (Å²) in [6.07, 6.45) is 11.3. The molecule has 3 rings (SSSR count). The van der Waals surface area contributed by atoms with E-state index in [2.05, 4.69) is 35.9 Å². The second-order valence-electron chi connectivity index (χ2n) is 9.47. The van der Waals surface area contributed by atoms with E-state index < -0.39 is 0 Å². The lowest BCUT2D eigenvalue weighted by Gasteiger charge is -2.32. The first-order valence-electron chi connectivity index (χ1n) is 12.3. The summed E-state index contributed by atoms with van der Waals surface area (Å²) in [6, 6.07) is 4.79. The summed E-state index contributed by atoms with van der Waals surface area (Å²) in [7, 11) is 0. The molecule has 1 aromatic rings. The van der Waals surface area contributed by atoms with E-state index in [1.54, 1.807) is 11.0 Å². The average molecular weight is 439 g/mol. The molecule has 32 heavy (non-hydrogen) atoms. The fraction of sp³-hybridized carbons (Fsp3) is 0.654. The lowest BCUT2D eigenvalue weighted by atomic mass is 9.95. The molecule has 174 valence electrons. The number of hydrogen-bond donors (Lipinski definition) is 1. The molecule has 1 aliphatic carbocycles. The Labute approximate surface area is 192 Å². The Morgan fingerprint density at radius 1 is 1.19 bits per heavy atom. The highest BCUT2D eigenvalue weighted by molar-refractivity contribution is 6.01. The predicted molar refractivity (Wildman–Crippen MR) is 127 cm³/mol. The van der Waals surface area contributed by atoms with Crippen LogP contribution in [0.1, 0.15) is 87.7 Å². The van der Waals surface area contributed by atoms with Crippen LogP contribution in [-0.2, 0) is 9.59 Å². The van der Waals surface area contributed by atoms with Gasteiger partial charge in [0.2, 0.25) is 5.91 Å². The molecule has 1 unspecified atom stereocenters. The van der Waals surface area contributed by atoms with Crippen molar-refractivity contribution in [2.24, 2.45) is 5.92 Å². The lowest BCUT2D eigenvalue weighted by molar-refractivity contribution is -0.128. The molecule has 0 bridgehead atoms. The molecule has 1 aliphatic heterocycles. The first-order valence-corrected chi connectivity index (χ1v) is 12.3. The van der Waals surface area contributed by atoms with Crippen molar-refractivity contribution in [3.8, 4) is 6.07 Å². The van der Waals surface area contributed by atoms with Gasteiger partial charge in [0.1, 0.15) is 11.6 Å². The van der Waals surface area contributed by atoms with Gasteiger partial charge in [-0.1, -0.05) is 26.2 Å². The number of amides is 2. The summed E-state index contributed by atoms with van der Waals surface area (Å²) < 4.78 is 2.40. The third-order valence-corrected chi connectivity index (χ3v) is 6.99. The van der Waals surface area contributed by atoms with E-state index in [9.17, 15) is 14.9 Å². The van der Waals surface area contributed by atoms with Crippen molar-refractivity contribution in [1.82, 2.24) is 14.8 Å². The number of carbonyl (C=O) groups is 2. The zero-order valence-electron chi connectivity index (χ0n) is 20.0. The van der Waals surface area contributed by atoms with Crippen molar-refractivity contribution in [2.45, 2.75) is 84.6 Å². The second kappa shape index (κ2) is 11.4. The molecular formula is C26H38N4O2.